The molecule has 0 atom stereocenters. The van der Waals surface area contributed by atoms with Crippen molar-refractivity contribution in [1.29, 1.82) is 5.41 Å². The third-order valence-corrected chi connectivity index (χ3v) is 4.97. The summed E-state index contributed by atoms with van der Waals surface area (Å²) in [5.41, 5.74) is 2.33. The molecule has 7 heteroatoms. The highest BCUT2D eigenvalue weighted by atomic mass is 35.5. The minimum atomic E-state index is 0.218. The molecule has 0 aliphatic carbocycles. The van der Waals surface area contributed by atoms with Crippen molar-refractivity contribution < 1.29 is 5.11 Å². The molecule has 0 radical (unpaired) electrons. The molecule has 2 heterocycles. The minimum absolute atomic E-state index is 0.218. The Morgan fingerprint density at radius 2 is 2.04 bits per heavy atom. The zero-order valence-electron chi connectivity index (χ0n) is 13.6. The lowest BCUT2D eigenvalue weighted by molar-refractivity contribution is 0.313. The van der Waals surface area contributed by atoms with Gasteiger partial charge in [0.1, 0.15) is 16.6 Å². The van der Waals surface area contributed by atoms with Gasteiger partial charge in [0, 0.05) is 29.1 Å². The molecule has 2 N–H and O–H groups in total. The second-order valence-electron chi connectivity index (χ2n) is 5.94. The van der Waals surface area contributed by atoms with Crippen molar-refractivity contribution >= 4 is 34.3 Å². The molecule has 0 fully saturated rings. The molecule has 1 aromatic carbocycles. The standard InChI is InChI=1S/C17H19ClN4OS/c1-21(2)7-8-22-9-14(23)15(16(22)19)17-20-13(10-24-17)11-3-5-12(18)6-4-11/h3-6,10,19,23H,7-9H2,1-2H3. The monoisotopic (exact) mass is 362 g/mol. The van der Waals surface area contributed by atoms with Crippen LogP contribution in [-0.4, -0.2) is 59.5 Å². The fourth-order valence-corrected chi connectivity index (χ4v) is 3.53. The van der Waals surface area contributed by atoms with Gasteiger partial charge >= 0.3 is 0 Å². The number of hydrogen-bond donors (Lipinski definition) is 2. The Labute approximate surface area is 150 Å². The van der Waals surface area contributed by atoms with E-state index in [9.17, 15) is 5.11 Å². The van der Waals surface area contributed by atoms with E-state index in [-0.39, 0.29) is 5.76 Å². The zero-order valence-corrected chi connectivity index (χ0v) is 15.2. The maximum absolute atomic E-state index is 10.3. The Morgan fingerprint density at radius 3 is 2.71 bits per heavy atom. The van der Waals surface area contributed by atoms with Crippen molar-refractivity contribution in [3.8, 4) is 11.3 Å². The van der Waals surface area contributed by atoms with E-state index in [4.69, 9.17) is 17.0 Å². The van der Waals surface area contributed by atoms with E-state index in [1.165, 1.54) is 11.3 Å². The fraction of sp³-hybridized carbons (Fsp3) is 0.294. The molecule has 126 valence electrons. The van der Waals surface area contributed by atoms with Gasteiger partial charge in [-0.15, -0.1) is 11.3 Å². The summed E-state index contributed by atoms with van der Waals surface area (Å²) in [5, 5.41) is 22.0. The van der Waals surface area contributed by atoms with E-state index in [2.05, 4.69) is 9.88 Å². The number of nitrogens with one attached hydrogen (secondary N) is 1. The summed E-state index contributed by atoms with van der Waals surface area (Å²) in [6.07, 6.45) is 0. The molecular weight excluding hydrogens is 344 g/mol. The third-order valence-electron chi connectivity index (χ3n) is 3.86. The number of aliphatic hydroxyl groups is 1. The summed E-state index contributed by atoms with van der Waals surface area (Å²) in [6, 6.07) is 7.48. The smallest absolute Gasteiger partial charge is 0.135 e. The van der Waals surface area contributed by atoms with Crippen LogP contribution >= 0.6 is 22.9 Å². The SMILES string of the molecule is CN(C)CCN1CC(O)=C(c2nc(-c3ccc(Cl)cc3)cs2)C1=N. The summed E-state index contributed by atoms with van der Waals surface area (Å²) in [7, 11) is 3.99. The van der Waals surface area contributed by atoms with Crippen molar-refractivity contribution in [2.24, 2.45) is 0 Å². The lowest BCUT2D eigenvalue weighted by atomic mass is 10.2. The number of thiazole rings is 1. The topological polar surface area (TPSA) is 63.5 Å². The first kappa shape index (κ1) is 17.0. The highest BCUT2D eigenvalue weighted by Crippen LogP contribution is 2.32. The Hall–Kier alpha value is -1.89. The number of amidine groups is 1. The van der Waals surface area contributed by atoms with Crippen LogP contribution < -0.4 is 0 Å². The van der Waals surface area contributed by atoms with Crippen LogP contribution in [-0.2, 0) is 0 Å². The van der Waals surface area contributed by atoms with Crippen molar-refractivity contribution in [2.45, 2.75) is 0 Å². The predicted molar refractivity (Wildman–Crippen MR) is 100.0 cm³/mol. The van der Waals surface area contributed by atoms with Gasteiger partial charge in [0.25, 0.3) is 0 Å². The molecule has 0 spiro atoms. The van der Waals surface area contributed by atoms with E-state index in [0.29, 0.717) is 34.5 Å². The largest absolute Gasteiger partial charge is 0.510 e. The van der Waals surface area contributed by atoms with Gasteiger partial charge in [-0.2, -0.15) is 0 Å². The quantitative estimate of drug-likeness (QED) is 0.853. The van der Waals surface area contributed by atoms with E-state index in [1.54, 1.807) is 0 Å². The van der Waals surface area contributed by atoms with Crippen LogP contribution in [0.1, 0.15) is 5.01 Å². The van der Waals surface area contributed by atoms with Gasteiger partial charge in [-0.05, 0) is 26.2 Å². The van der Waals surface area contributed by atoms with Crippen LogP contribution in [0.25, 0.3) is 16.8 Å². The van der Waals surface area contributed by atoms with Crippen LogP contribution in [0.3, 0.4) is 0 Å². The van der Waals surface area contributed by atoms with Gasteiger partial charge in [-0.1, -0.05) is 23.7 Å². The van der Waals surface area contributed by atoms with Gasteiger partial charge in [-0.25, -0.2) is 4.98 Å². The predicted octanol–water partition coefficient (Wildman–Crippen LogP) is 3.59. The average Bonchev–Trinajstić information content (AvgIpc) is 3.11. The summed E-state index contributed by atoms with van der Waals surface area (Å²) in [5.74, 6) is 0.558. The molecule has 0 unspecified atom stereocenters. The van der Waals surface area contributed by atoms with E-state index in [1.807, 2.05) is 48.6 Å². The lowest BCUT2D eigenvalue weighted by Crippen LogP contribution is -2.33. The molecule has 0 amide bonds. The zero-order chi connectivity index (χ0) is 17.3. The van der Waals surface area contributed by atoms with E-state index >= 15 is 0 Å². The molecule has 0 bridgehead atoms. The summed E-state index contributed by atoms with van der Waals surface area (Å²) >= 11 is 7.36. The lowest BCUT2D eigenvalue weighted by Gasteiger charge is -2.20. The molecule has 3 rings (SSSR count). The summed E-state index contributed by atoms with van der Waals surface area (Å²) in [4.78, 5) is 8.53. The van der Waals surface area contributed by atoms with Gasteiger partial charge in [0.15, 0.2) is 0 Å². The van der Waals surface area contributed by atoms with Crippen LogP contribution in [0.2, 0.25) is 5.02 Å². The van der Waals surface area contributed by atoms with Gasteiger partial charge in [-0.3, -0.25) is 5.41 Å². The first-order valence-corrected chi connectivity index (χ1v) is 8.84. The number of hydrogen-bond acceptors (Lipinski definition) is 5. The second kappa shape index (κ2) is 6.93. The number of likely N-dealkylation sites (N-methyl/N-ethyl adjacent to an activating group) is 1. The maximum atomic E-state index is 10.3. The molecule has 0 saturated heterocycles. The van der Waals surface area contributed by atoms with Crippen LogP contribution in [0.15, 0.2) is 35.4 Å². The van der Waals surface area contributed by atoms with Crippen LogP contribution in [0.4, 0.5) is 0 Å². The number of nitrogens with zero attached hydrogens (tertiary/aromatic N) is 3. The summed E-state index contributed by atoms with van der Waals surface area (Å²) < 4.78 is 0. The Morgan fingerprint density at radius 1 is 1.33 bits per heavy atom. The average molecular weight is 363 g/mol. The highest BCUT2D eigenvalue weighted by Gasteiger charge is 2.30. The van der Waals surface area contributed by atoms with Crippen molar-refractivity contribution in [1.82, 2.24) is 14.8 Å². The minimum Gasteiger partial charge on any atom is -0.510 e. The van der Waals surface area contributed by atoms with Crippen LogP contribution in [0.5, 0.6) is 0 Å². The van der Waals surface area contributed by atoms with Crippen molar-refractivity contribution in [3.63, 3.8) is 0 Å². The Bertz CT molecular complexity index is 782. The number of benzene rings is 1. The first-order chi connectivity index (χ1) is 11.5. The Balaban J connectivity index is 1.80. The fourth-order valence-electron chi connectivity index (χ4n) is 2.51. The maximum Gasteiger partial charge on any atom is 0.135 e. The molecule has 0 saturated carbocycles. The van der Waals surface area contributed by atoms with Crippen molar-refractivity contribution in [3.05, 3.63) is 45.4 Å². The third kappa shape index (κ3) is 3.45. The summed E-state index contributed by atoms with van der Waals surface area (Å²) in [6.45, 7) is 1.91. The number of aliphatic hydroxyl groups excluding tert-OH is 1. The normalized spacial score (nSPS) is 15.0. The number of rotatable bonds is 5. The van der Waals surface area contributed by atoms with Gasteiger partial charge < -0.3 is 14.9 Å². The molecule has 1 aromatic heterocycles. The molecule has 24 heavy (non-hydrogen) atoms. The molecule has 2 aromatic rings. The molecule has 5 nitrogen and oxygen atoms in total. The van der Waals surface area contributed by atoms with E-state index in [0.717, 1.165) is 17.8 Å². The van der Waals surface area contributed by atoms with Gasteiger partial charge in [0.2, 0.25) is 0 Å². The first-order valence-electron chi connectivity index (χ1n) is 7.58. The number of aromatic nitrogens is 1. The highest BCUT2D eigenvalue weighted by molar-refractivity contribution is 7.11. The number of halogens is 1. The molecule has 1 aliphatic heterocycles. The molecular formula is C17H19ClN4OS. The second-order valence-corrected chi connectivity index (χ2v) is 7.23. The van der Waals surface area contributed by atoms with E-state index < -0.39 is 0 Å². The van der Waals surface area contributed by atoms with Gasteiger partial charge in [0.05, 0.1) is 17.8 Å². The van der Waals surface area contributed by atoms with Crippen LogP contribution in [0, 0.1) is 5.41 Å². The Kier molecular flexibility index (Phi) is 4.89. The van der Waals surface area contributed by atoms with Crippen molar-refractivity contribution in [2.75, 3.05) is 33.7 Å². The molecule has 1 aliphatic rings.